The number of morpholine rings is 1. The van der Waals surface area contributed by atoms with Crippen molar-refractivity contribution in [1.29, 1.82) is 0 Å². The fourth-order valence-corrected chi connectivity index (χ4v) is 3.36. The lowest BCUT2D eigenvalue weighted by Crippen LogP contribution is -2.55. The summed E-state index contributed by atoms with van der Waals surface area (Å²) in [4.78, 5) is 41.9. The topological polar surface area (TPSA) is 79.4 Å². The molecule has 0 saturated carbocycles. The number of amides is 3. The highest BCUT2D eigenvalue weighted by Gasteiger charge is 2.31. The van der Waals surface area contributed by atoms with Crippen LogP contribution in [0.1, 0.15) is 15.9 Å². The molecule has 8 nitrogen and oxygen atoms in total. The Morgan fingerprint density at radius 1 is 0.839 bits per heavy atom. The molecule has 2 saturated heterocycles. The van der Waals surface area contributed by atoms with Crippen molar-refractivity contribution in [1.82, 2.24) is 14.7 Å². The number of rotatable bonds is 4. The van der Waals surface area contributed by atoms with E-state index in [0.717, 1.165) is 0 Å². The first-order chi connectivity index (χ1) is 14.7. The van der Waals surface area contributed by atoms with E-state index in [9.17, 15) is 27.6 Å². The summed E-state index contributed by atoms with van der Waals surface area (Å²) in [5.74, 6) is -1.36. The van der Waals surface area contributed by atoms with Gasteiger partial charge in [-0.15, -0.1) is 0 Å². The smallest absolute Gasteiger partial charge is 0.378 e. The van der Waals surface area contributed by atoms with Crippen LogP contribution in [0.2, 0.25) is 0 Å². The number of nitrogens with zero attached hydrogens (tertiary/aromatic N) is 3. The molecule has 0 atom stereocenters. The molecule has 0 unspecified atom stereocenters. The Hall–Kier alpha value is -2.66. The van der Waals surface area contributed by atoms with Crippen molar-refractivity contribution in [3.05, 3.63) is 35.4 Å². The minimum Gasteiger partial charge on any atom is -0.378 e. The van der Waals surface area contributed by atoms with Crippen molar-refractivity contribution in [2.24, 2.45) is 0 Å². The number of hydrogen-bond acceptors (Lipinski definition) is 5. The zero-order valence-electron chi connectivity index (χ0n) is 16.9. The van der Waals surface area contributed by atoms with Gasteiger partial charge in [-0.05, 0) is 17.7 Å². The van der Waals surface area contributed by atoms with Crippen LogP contribution >= 0.6 is 0 Å². The van der Waals surface area contributed by atoms with Crippen LogP contribution in [0.4, 0.5) is 13.2 Å². The molecule has 1 aromatic rings. The van der Waals surface area contributed by atoms with Gasteiger partial charge in [0.1, 0.15) is 6.61 Å². The molecular weight excluding hydrogens is 419 g/mol. The van der Waals surface area contributed by atoms with Crippen molar-refractivity contribution in [3.63, 3.8) is 0 Å². The van der Waals surface area contributed by atoms with Crippen molar-refractivity contribution < 1.29 is 37.0 Å². The van der Waals surface area contributed by atoms with E-state index in [1.807, 2.05) is 0 Å². The van der Waals surface area contributed by atoms with Crippen LogP contribution in [0.5, 0.6) is 0 Å². The third-order valence-corrected chi connectivity index (χ3v) is 5.07. The SMILES string of the molecule is O=C(C(=O)N1CCN(C(=O)c2ccc(COCC(F)(F)F)cc2)CC1)N1CCOCC1. The maximum Gasteiger partial charge on any atom is 0.411 e. The first-order valence-electron chi connectivity index (χ1n) is 9.93. The van der Waals surface area contributed by atoms with Gasteiger partial charge in [-0.25, -0.2) is 0 Å². The van der Waals surface area contributed by atoms with Crippen LogP contribution in [0, 0.1) is 0 Å². The minimum absolute atomic E-state index is 0.202. The summed E-state index contributed by atoms with van der Waals surface area (Å²) in [7, 11) is 0. The molecular formula is C20H24F3N3O5. The molecule has 0 spiro atoms. The van der Waals surface area contributed by atoms with Crippen LogP contribution in [0.3, 0.4) is 0 Å². The molecule has 0 radical (unpaired) electrons. The van der Waals surface area contributed by atoms with Crippen LogP contribution in [-0.2, 0) is 25.7 Å². The van der Waals surface area contributed by atoms with Crippen LogP contribution in [0.15, 0.2) is 24.3 Å². The summed E-state index contributed by atoms with van der Waals surface area (Å²) < 4.78 is 46.2. The number of benzene rings is 1. The maximum absolute atomic E-state index is 12.7. The van der Waals surface area contributed by atoms with Crippen LogP contribution in [-0.4, -0.2) is 97.7 Å². The molecule has 170 valence electrons. The molecule has 1 aromatic carbocycles. The number of alkyl halides is 3. The predicted molar refractivity (Wildman–Crippen MR) is 102 cm³/mol. The highest BCUT2D eigenvalue weighted by atomic mass is 19.4. The maximum atomic E-state index is 12.7. The van der Waals surface area contributed by atoms with E-state index in [-0.39, 0.29) is 38.7 Å². The van der Waals surface area contributed by atoms with Crippen molar-refractivity contribution in [2.75, 3.05) is 59.1 Å². The molecule has 0 bridgehead atoms. The Morgan fingerprint density at radius 3 is 1.90 bits per heavy atom. The quantitative estimate of drug-likeness (QED) is 0.647. The molecule has 3 amide bonds. The second-order valence-corrected chi connectivity index (χ2v) is 7.29. The molecule has 2 aliphatic heterocycles. The number of carbonyl (C=O) groups excluding carboxylic acids is 3. The van der Waals surface area contributed by atoms with E-state index in [1.165, 1.54) is 21.9 Å². The molecule has 2 aliphatic rings. The van der Waals surface area contributed by atoms with Gasteiger partial charge < -0.3 is 24.2 Å². The predicted octanol–water partition coefficient (Wildman–Crippen LogP) is 0.909. The second kappa shape index (κ2) is 10.1. The van der Waals surface area contributed by atoms with Gasteiger partial charge in [0.15, 0.2) is 0 Å². The molecule has 2 heterocycles. The normalized spacial score (nSPS) is 17.6. The monoisotopic (exact) mass is 443 g/mol. The van der Waals surface area contributed by atoms with Crippen LogP contribution < -0.4 is 0 Å². The molecule has 11 heteroatoms. The molecule has 0 N–H and O–H groups in total. The van der Waals surface area contributed by atoms with Crippen LogP contribution in [0.25, 0.3) is 0 Å². The number of carbonyl (C=O) groups is 3. The van der Waals surface area contributed by atoms with Gasteiger partial charge in [-0.2, -0.15) is 13.2 Å². The number of piperazine rings is 1. The Bertz CT molecular complexity index is 786. The number of ether oxygens (including phenoxy) is 2. The fourth-order valence-electron chi connectivity index (χ4n) is 3.36. The Balaban J connectivity index is 1.47. The highest BCUT2D eigenvalue weighted by Crippen LogP contribution is 2.16. The number of hydrogen-bond donors (Lipinski definition) is 0. The molecule has 0 aromatic heterocycles. The summed E-state index contributed by atoms with van der Waals surface area (Å²) >= 11 is 0. The first-order valence-corrected chi connectivity index (χ1v) is 9.93. The fraction of sp³-hybridized carbons (Fsp3) is 0.550. The zero-order chi connectivity index (χ0) is 22.4. The average Bonchev–Trinajstić information content (AvgIpc) is 2.78. The third-order valence-electron chi connectivity index (χ3n) is 5.07. The summed E-state index contributed by atoms with van der Waals surface area (Å²) in [6.07, 6.45) is -4.38. The van der Waals surface area contributed by atoms with E-state index in [0.29, 0.717) is 37.4 Å². The van der Waals surface area contributed by atoms with E-state index >= 15 is 0 Å². The Morgan fingerprint density at radius 2 is 1.35 bits per heavy atom. The second-order valence-electron chi connectivity index (χ2n) is 7.29. The van der Waals surface area contributed by atoms with Gasteiger partial charge in [0, 0.05) is 44.8 Å². The van der Waals surface area contributed by atoms with Gasteiger partial charge in [0.05, 0.1) is 19.8 Å². The Kier molecular flexibility index (Phi) is 7.50. The standard InChI is InChI=1S/C20H24F3N3O5/c21-20(22,23)14-31-13-15-1-3-16(4-2-15)17(27)24-5-7-25(8-6-24)18(28)19(29)26-9-11-30-12-10-26/h1-4H,5-14H2. The van der Waals surface area contributed by atoms with Gasteiger partial charge >= 0.3 is 18.0 Å². The van der Waals surface area contributed by atoms with Crippen molar-refractivity contribution >= 4 is 17.7 Å². The first kappa shape index (κ1) is 23.0. The lowest BCUT2D eigenvalue weighted by Gasteiger charge is -2.36. The van der Waals surface area contributed by atoms with Gasteiger partial charge in [0.25, 0.3) is 5.91 Å². The summed E-state index contributed by atoms with van der Waals surface area (Å²) in [6.45, 7) is 1.16. The molecule has 31 heavy (non-hydrogen) atoms. The largest absolute Gasteiger partial charge is 0.411 e. The van der Waals surface area contributed by atoms with Gasteiger partial charge in [-0.1, -0.05) is 12.1 Å². The lowest BCUT2D eigenvalue weighted by molar-refractivity contribution is -0.176. The Labute approximate surface area is 177 Å². The van der Waals surface area contributed by atoms with Gasteiger partial charge in [-0.3, -0.25) is 14.4 Å². The average molecular weight is 443 g/mol. The highest BCUT2D eigenvalue weighted by molar-refractivity contribution is 6.34. The van der Waals surface area contributed by atoms with Gasteiger partial charge in [0.2, 0.25) is 0 Å². The minimum atomic E-state index is -4.38. The van der Waals surface area contributed by atoms with E-state index < -0.39 is 24.6 Å². The molecule has 2 fully saturated rings. The zero-order valence-corrected chi connectivity index (χ0v) is 16.9. The van der Waals surface area contributed by atoms with E-state index in [2.05, 4.69) is 4.74 Å². The summed E-state index contributed by atoms with van der Waals surface area (Å²) in [6, 6.07) is 6.16. The molecule has 0 aliphatic carbocycles. The summed E-state index contributed by atoms with van der Waals surface area (Å²) in [5, 5.41) is 0. The summed E-state index contributed by atoms with van der Waals surface area (Å²) in [5.41, 5.74) is 0.918. The molecule has 3 rings (SSSR count). The van der Waals surface area contributed by atoms with Crippen molar-refractivity contribution in [2.45, 2.75) is 12.8 Å². The lowest BCUT2D eigenvalue weighted by atomic mass is 10.1. The number of halogens is 3. The van der Waals surface area contributed by atoms with E-state index in [4.69, 9.17) is 4.74 Å². The third kappa shape index (κ3) is 6.41. The van der Waals surface area contributed by atoms with E-state index in [1.54, 1.807) is 17.0 Å². The van der Waals surface area contributed by atoms with Crippen molar-refractivity contribution in [3.8, 4) is 0 Å².